The minimum atomic E-state index is 0.0313. The average Bonchev–Trinajstić information content (AvgIpc) is 2.70. The molecule has 0 aromatic carbocycles. The van der Waals surface area contributed by atoms with Gasteiger partial charge in [-0.1, -0.05) is 0 Å². The van der Waals surface area contributed by atoms with Crippen LogP contribution in [-0.4, -0.2) is 34.8 Å². The van der Waals surface area contributed by atoms with Crippen LogP contribution in [0, 0.1) is 0 Å². The largest absolute Gasteiger partial charge is 0.473 e. The highest BCUT2D eigenvalue weighted by Gasteiger charge is 2.25. The molecule has 100 valence electrons. The van der Waals surface area contributed by atoms with Gasteiger partial charge in [0.15, 0.2) is 5.82 Å². The summed E-state index contributed by atoms with van der Waals surface area (Å²) < 4.78 is 11.0. The molecule has 1 aromatic heterocycles. The summed E-state index contributed by atoms with van der Waals surface area (Å²) in [5.74, 6) is 1.04. The van der Waals surface area contributed by atoms with Gasteiger partial charge in [0, 0.05) is 6.61 Å². The predicted molar refractivity (Wildman–Crippen MR) is 69.7 cm³/mol. The third-order valence-corrected chi connectivity index (χ3v) is 2.89. The van der Waals surface area contributed by atoms with Crippen molar-refractivity contribution in [3.63, 3.8) is 0 Å². The Morgan fingerprint density at radius 1 is 1.50 bits per heavy atom. The minimum Gasteiger partial charge on any atom is -0.473 e. The van der Waals surface area contributed by atoms with Gasteiger partial charge < -0.3 is 20.5 Å². The molecule has 3 N–H and O–H groups in total. The zero-order valence-electron chi connectivity index (χ0n) is 11.0. The third kappa shape index (κ3) is 2.81. The monoisotopic (exact) mass is 252 g/mol. The molecule has 0 saturated carbocycles. The van der Waals surface area contributed by atoms with Crippen LogP contribution in [0.1, 0.15) is 27.2 Å². The van der Waals surface area contributed by atoms with E-state index in [0.29, 0.717) is 17.4 Å². The van der Waals surface area contributed by atoms with Crippen molar-refractivity contribution < 1.29 is 9.47 Å². The first kappa shape index (κ1) is 12.9. The SMILES string of the molecule is CC(C)Oc1ncnc(NC2CCOC2C)c1N. The molecular formula is C12H20N4O2. The molecule has 2 atom stereocenters. The second-order valence-corrected chi connectivity index (χ2v) is 4.72. The molecule has 18 heavy (non-hydrogen) atoms. The highest BCUT2D eigenvalue weighted by atomic mass is 16.5. The molecule has 1 aliphatic heterocycles. The topological polar surface area (TPSA) is 82.3 Å². The van der Waals surface area contributed by atoms with E-state index in [1.165, 1.54) is 6.33 Å². The van der Waals surface area contributed by atoms with E-state index in [2.05, 4.69) is 15.3 Å². The van der Waals surface area contributed by atoms with Crippen molar-refractivity contribution in [1.82, 2.24) is 9.97 Å². The van der Waals surface area contributed by atoms with Crippen molar-refractivity contribution in [1.29, 1.82) is 0 Å². The number of rotatable bonds is 4. The van der Waals surface area contributed by atoms with Crippen LogP contribution in [0.25, 0.3) is 0 Å². The van der Waals surface area contributed by atoms with Crippen molar-refractivity contribution in [3.8, 4) is 5.88 Å². The number of nitrogen functional groups attached to an aromatic ring is 1. The van der Waals surface area contributed by atoms with E-state index in [9.17, 15) is 0 Å². The Labute approximate surface area is 107 Å². The lowest BCUT2D eigenvalue weighted by Gasteiger charge is -2.19. The number of nitrogens with zero attached hydrogens (tertiary/aromatic N) is 2. The smallest absolute Gasteiger partial charge is 0.242 e. The van der Waals surface area contributed by atoms with Gasteiger partial charge in [0.05, 0.1) is 18.2 Å². The van der Waals surface area contributed by atoms with Crippen LogP contribution < -0.4 is 15.8 Å². The van der Waals surface area contributed by atoms with Crippen molar-refractivity contribution >= 4 is 11.5 Å². The van der Waals surface area contributed by atoms with Crippen LogP contribution in [0.2, 0.25) is 0 Å². The van der Waals surface area contributed by atoms with Gasteiger partial charge in [-0.25, -0.2) is 4.98 Å². The molecule has 1 saturated heterocycles. The molecule has 0 bridgehead atoms. The van der Waals surface area contributed by atoms with E-state index < -0.39 is 0 Å². The van der Waals surface area contributed by atoms with Gasteiger partial charge in [-0.2, -0.15) is 4.98 Å². The van der Waals surface area contributed by atoms with Crippen LogP contribution in [-0.2, 0) is 4.74 Å². The number of anilines is 2. The van der Waals surface area contributed by atoms with Gasteiger partial charge in [0.25, 0.3) is 0 Å². The van der Waals surface area contributed by atoms with Crippen LogP contribution in [0.5, 0.6) is 5.88 Å². The fourth-order valence-corrected chi connectivity index (χ4v) is 1.91. The summed E-state index contributed by atoms with van der Waals surface area (Å²) in [5, 5.41) is 3.29. The first-order chi connectivity index (χ1) is 8.58. The minimum absolute atomic E-state index is 0.0313. The first-order valence-electron chi connectivity index (χ1n) is 6.23. The zero-order valence-corrected chi connectivity index (χ0v) is 11.0. The molecule has 1 aliphatic rings. The van der Waals surface area contributed by atoms with Gasteiger partial charge in [-0.15, -0.1) is 0 Å². The van der Waals surface area contributed by atoms with E-state index in [4.69, 9.17) is 15.2 Å². The molecule has 6 heteroatoms. The number of ether oxygens (including phenoxy) is 2. The Bertz CT molecular complexity index is 411. The summed E-state index contributed by atoms with van der Waals surface area (Å²) in [5.41, 5.74) is 6.45. The maximum absolute atomic E-state index is 6.00. The Kier molecular flexibility index (Phi) is 3.86. The number of hydrogen-bond donors (Lipinski definition) is 2. The average molecular weight is 252 g/mol. The summed E-state index contributed by atoms with van der Waals surface area (Å²) in [4.78, 5) is 8.20. The Balaban J connectivity index is 2.12. The van der Waals surface area contributed by atoms with E-state index in [1.807, 2.05) is 20.8 Å². The quantitative estimate of drug-likeness (QED) is 0.843. The van der Waals surface area contributed by atoms with E-state index in [1.54, 1.807) is 0 Å². The molecule has 1 aromatic rings. The molecule has 2 heterocycles. The maximum atomic E-state index is 6.00. The maximum Gasteiger partial charge on any atom is 0.242 e. The zero-order chi connectivity index (χ0) is 13.1. The fourth-order valence-electron chi connectivity index (χ4n) is 1.91. The molecule has 0 radical (unpaired) electrons. The molecule has 2 rings (SSSR count). The third-order valence-electron chi connectivity index (χ3n) is 2.89. The molecule has 2 unspecified atom stereocenters. The highest BCUT2D eigenvalue weighted by molar-refractivity contribution is 5.66. The van der Waals surface area contributed by atoms with Crippen LogP contribution in [0.3, 0.4) is 0 Å². The molecule has 0 spiro atoms. The fraction of sp³-hybridized carbons (Fsp3) is 0.667. The van der Waals surface area contributed by atoms with Crippen molar-refractivity contribution in [2.45, 2.75) is 45.4 Å². The van der Waals surface area contributed by atoms with Gasteiger partial charge in [0.2, 0.25) is 5.88 Å². The lowest BCUT2D eigenvalue weighted by atomic mass is 10.1. The van der Waals surface area contributed by atoms with Crippen LogP contribution in [0.15, 0.2) is 6.33 Å². The molecule has 1 fully saturated rings. The van der Waals surface area contributed by atoms with Gasteiger partial charge in [0.1, 0.15) is 12.0 Å². The number of hydrogen-bond acceptors (Lipinski definition) is 6. The number of nitrogens with one attached hydrogen (secondary N) is 1. The van der Waals surface area contributed by atoms with Gasteiger partial charge in [-0.3, -0.25) is 0 Å². The Hall–Kier alpha value is -1.56. The second kappa shape index (κ2) is 5.39. The Morgan fingerprint density at radius 3 is 2.89 bits per heavy atom. The van der Waals surface area contributed by atoms with Crippen LogP contribution in [0.4, 0.5) is 11.5 Å². The molecule has 6 nitrogen and oxygen atoms in total. The summed E-state index contributed by atoms with van der Waals surface area (Å²) in [6.07, 6.45) is 2.60. The van der Waals surface area contributed by atoms with E-state index in [-0.39, 0.29) is 18.2 Å². The summed E-state index contributed by atoms with van der Waals surface area (Å²) in [7, 11) is 0. The first-order valence-corrected chi connectivity index (χ1v) is 6.23. The summed E-state index contributed by atoms with van der Waals surface area (Å²) in [6, 6.07) is 0.231. The standard InChI is InChI=1S/C12H20N4O2/c1-7(2)18-12-10(13)11(14-6-15-12)16-9-4-5-17-8(9)3/h6-9H,4-5,13H2,1-3H3,(H,14,15,16). The normalized spacial score (nSPS) is 23.3. The van der Waals surface area contributed by atoms with E-state index >= 15 is 0 Å². The van der Waals surface area contributed by atoms with Crippen molar-refractivity contribution in [3.05, 3.63) is 6.33 Å². The molecule has 0 amide bonds. The van der Waals surface area contributed by atoms with Crippen molar-refractivity contribution in [2.24, 2.45) is 0 Å². The molecular weight excluding hydrogens is 232 g/mol. The summed E-state index contributed by atoms with van der Waals surface area (Å²) in [6.45, 7) is 6.66. The number of nitrogens with two attached hydrogens (primary N) is 1. The van der Waals surface area contributed by atoms with Crippen LogP contribution >= 0.6 is 0 Å². The van der Waals surface area contributed by atoms with Gasteiger partial charge >= 0.3 is 0 Å². The van der Waals surface area contributed by atoms with E-state index in [0.717, 1.165) is 13.0 Å². The second-order valence-electron chi connectivity index (χ2n) is 4.72. The Morgan fingerprint density at radius 2 is 2.28 bits per heavy atom. The highest BCUT2D eigenvalue weighted by Crippen LogP contribution is 2.27. The lowest BCUT2D eigenvalue weighted by molar-refractivity contribution is 0.121. The van der Waals surface area contributed by atoms with Gasteiger partial charge in [-0.05, 0) is 27.2 Å². The predicted octanol–water partition coefficient (Wildman–Crippen LogP) is 1.44. The van der Waals surface area contributed by atoms with Crippen molar-refractivity contribution in [2.75, 3.05) is 17.7 Å². The molecule has 0 aliphatic carbocycles. The number of aromatic nitrogens is 2. The summed E-state index contributed by atoms with van der Waals surface area (Å²) >= 11 is 0. The lowest BCUT2D eigenvalue weighted by Crippen LogP contribution is -2.27.